The highest BCUT2D eigenvalue weighted by atomic mass is 32.2. The zero-order valence-electron chi connectivity index (χ0n) is 11.0. The molecule has 1 aromatic heterocycles. The number of nitrogens with one attached hydrogen (secondary N) is 2. The second-order valence-corrected chi connectivity index (χ2v) is 6.00. The van der Waals surface area contributed by atoms with E-state index in [9.17, 15) is 4.79 Å². The smallest absolute Gasteiger partial charge is 0.230 e. The molecule has 0 aliphatic heterocycles. The molecule has 0 radical (unpaired) electrons. The van der Waals surface area contributed by atoms with Gasteiger partial charge < -0.3 is 10.6 Å². The summed E-state index contributed by atoms with van der Waals surface area (Å²) in [5.41, 5.74) is 0. The maximum absolute atomic E-state index is 11.4. The van der Waals surface area contributed by atoms with Crippen molar-refractivity contribution >= 4 is 34.1 Å². The number of carbonyl (C=O) groups is 1. The molecule has 0 aliphatic rings. The van der Waals surface area contributed by atoms with E-state index in [1.807, 2.05) is 6.20 Å². The van der Waals surface area contributed by atoms with Crippen LogP contribution < -0.4 is 10.6 Å². The van der Waals surface area contributed by atoms with Gasteiger partial charge in [0.05, 0.1) is 5.75 Å². The first kappa shape index (κ1) is 15.3. The molecule has 1 heterocycles. The number of rotatable bonds is 9. The summed E-state index contributed by atoms with van der Waals surface area (Å²) in [4.78, 5) is 16.9. The van der Waals surface area contributed by atoms with E-state index in [4.69, 9.17) is 0 Å². The Labute approximate surface area is 117 Å². The van der Waals surface area contributed by atoms with E-state index >= 15 is 0 Å². The van der Waals surface area contributed by atoms with Crippen LogP contribution in [0, 0.1) is 0 Å². The van der Waals surface area contributed by atoms with Crippen LogP contribution in [0.1, 0.15) is 31.6 Å². The molecule has 1 aromatic rings. The molecule has 1 rings (SSSR count). The summed E-state index contributed by atoms with van der Waals surface area (Å²) in [5, 5.41) is 7.10. The van der Waals surface area contributed by atoms with Gasteiger partial charge >= 0.3 is 0 Å². The number of carbonyl (C=O) groups excluding carboxylic acids is 1. The zero-order valence-corrected chi connectivity index (χ0v) is 12.6. The van der Waals surface area contributed by atoms with Crippen molar-refractivity contribution in [1.29, 1.82) is 0 Å². The van der Waals surface area contributed by atoms with Crippen LogP contribution in [-0.2, 0) is 10.5 Å². The van der Waals surface area contributed by atoms with Gasteiger partial charge in [-0.3, -0.25) is 4.79 Å². The highest BCUT2D eigenvalue weighted by Crippen LogP contribution is 2.22. The Morgan fingerprint density at radius 2 is 2.17 bits per heavy atom. The van der Waals surface area contributed by atoms with Crippen LogP contribution in [-0.4, -0.2) is 29.7 Å². The quantitative estimate of drug-likeness (QED) is 0.733. The van der Waals surface area contributed by atoms with Gasteiger partial charge in [-0.1, -0.05) is 13.8 Å². The van der Waals surface area contributed by atoms with E-state index in [0.717, 1.165) is 36.8 Å². The van der Waals surface area contributed by atoms with E-state index in [2.05, 4.69) is 29.5 Å². The molecular weight excluding hydrogens is 266 g/mol. The maximum Gasteiger partial charge on any atom is 0.230 e. The van der Waals surface area contributed by atoms with Crippen molar-refractivity contribution in [3.63, 3.8) is 0 Å². The van der Waals surface area contributed by atoms with Gasteiger partial charge in [0.2, 0.25) is 5.91 Å². The van der Waals surface area contributed by atoms with Crippen molar-refractivity contribution < 1.29 is 4.79 Å². The molecule has 0 aromatic carbocycles. The molecule has 6 heteroatoms. The summed E-state index contributed by atoms with van der Waals surface area (Å²) in [6.07, 6.45) is 3.97. The molecule has 0 aliphatic carbocycles. The van der Waals surface area contributed by atoms with E-state index in [-0.39, 0.29) is 5.91 Å². The SMILES string of the molecule is CCCNC(=O)CSCc1cnc(NCCC)s1. The molecule has 0 unspecified atom stereocenters. The largest absolute Gasteiger partial charge is 0.362 e. The minimum Gasteiger partial charge on any atom is -0.362 e. The Bertz CT molecular complexity index is 355. The van der Waals surface area contributed by atoms with Gasteiger partial charge in [-0.05, 0) is 12.8 Å². The van der Waals surface area contributed by atoms with Crippen molar-refractivity contribution in [1.82, 2.24) is 10.3 Å². The second kappa shape index (κ2) is 9.22. The van der Waals surface area contributed by atoms with Crippen LogP contribution in [0.3, 0.4) is 0 Å². The Kier molecular flexibility index (Phi) is 7.84. The number of aromatic nitrogens is 1. The van der Waals surface area contributed by atoms with Gasteiger partial charge in [0.1, 0.15) is 0 Å². The van der Waals surface area contributed by atoms with Crippen LogP contribution in [0.15, 0.2) is 6.20 Å². The molecule has 0 bridgehead atoms. The first-order chi connectivity index (χ1) is 8.76. The molecule has 0 atom stereocenters. The molecule has 0 fully saturated rings. The average molecular weight is 287 g/mol. The van der Waals surface area contributed by atoms with Crippen molar-refractivity contribution in [3.05, 3.63) is 11.1 Å². The van der Waals surface area contributed by atoms with Gasteiger partial charge in [0, 0.05) is 29.9 Å². The number of amides is 1. The van der Waals surface area contributed by atoms with E-state index < -0.39 is 0 Å². The van der Waals surface area contributed by atoms with Gasteiger partial charge in [0.15, 0.2) is 5.13 Å². The summed E-state index contributed by atoms with van der Waals surface area (Å²) >= 11 is 3.30. The highest BCUT2D eigenvalue weighted by molar-refractivity contribution is 7.99. The number of hydrogen-bond acceptors (Lipinski definition) is 5. The number of thiazole rings is 1. The number of hydrogen-bond donors (Lipinski definition) is 2. The second-order valence-electron chi connectivity index (χ2n) is 3.90. The molecule has 1 amide bonds. The van der Waals surface area contributed by atoms with E-state index in [1.165, 1.54) is 4.88 Å². The third-order valence-corrected chi connectivity index (χ3v) is 4.25. The maximum atomic E-state index is 11.4. The lowest BCUT2D eigenvalue weighted by Gasteiger charge is -2.02. The monoisotopic (exact) mass is 287 g/mol. The van der Waals surface area contributed by atoms with Crippen molar-refractivity contribution in [2.75, 3.05) is 24.2 Å². The lowest BCUT2D eigenvalue weighted by atomic mass is 10.5. The summed E-state index contributed by atoms with van der Waals surface area (Å²) < 4.78 is 0. The van der Waals surface area contributed by atoms with E-state index in [0.29, 0.717) is 5.75 Å². The first-order valence-electron chi connectivity index (χ1n) is 6.29. The van der Waals surface area contributed by atoms with Gasteiger partial charge in [-0.25, -0.2) is 4.98 Å². The van der Waals surface area contributed by atoms with Crippen LogP contribution in [0.4, 0.5) is 5.13 Å². The van der Waals surface area contributed by atoms with Gasteiger partial charge in [-0.2, -0.15) is 0 Å². The Balaban J connectivity index is 2.18. The predicted molar refractivity (Wildman–Crippen MR) is 80.4 cm³/mol. The fraction of sp³-hybridized carbons (Fsp3) is 0.667. The van der Waals surface area contributed by atoms with Crippen LogP contribution in [0.25, 0.3) is 0 Å². The molecule has 2 N–H and O–H groups in total. The lowest BCUT2D eigenvalue weighted by molar-refractivity contribution is -0.118. The Morgan fingerprint density at radius 1 is 1.39 bits per heavy atom. The van der Waals surface area contributed by atoms with Gasteiger partial charge in [-0.15, -0.1) is 23.1 Å². The Morgan fingerprint density at radius 3 is 2.89 bits per heavy atom. The van der Waals surface area contributed by atoms with E-state index in [1.54, 1.807) is 23.1 Å². The fourth-order valence-corrected chi connectivity index (χ4v) is 3.03. The third-order valence-electron chi connectivity index (χ3n) is 2.13. The summed E-state index contributed by atoms with van der Waals surface area (Å²) in [5.74, 6) is 1.50. The van der Waals surface area contributed by atoms with Gasteiger partial charge in [0.25, 0.3) is 0 Å². The Hall–Kier alpha value is -0.750. The fourth-order valence-electron chi connectivity index (χ4n) is 1.25. The normalized spacial score (nSPS) is 10.3. The molecule has 4 nitrogen and oxygen atoms in total. The molecule has 0 saturated heterocycles. The minimum absolute atomic E-state index is 0.121. The summed E-state index contributed by atoms with van der Waals surface area (Å²) in [7, 11) is 0. The predicted octanol–water partition coefficient (Wildman–Crippen LogP) is 2.72. The molecule has 18 heavy (non-hydrogen) atoms. The minimum atomic E-state index is 0.121. The number of nitrogens with zero attached hydrogens (tertiary/aromatic N) is 1. The molecule has 0 spiro atoms. The van der Waals surface area contributed by atoms with Crippen LogP contribution in [0.5, 0.6) is 0 Å². The lowest BCUT2D eigenvalue weighted by Crippen LogP contribution is -2.25. The zero-order chi connectivity index (χ0) is 13.2. The summed E-state index contributed by atoms with van der Waals surface area (Å²) in [6, 6.07) is 0. The highest BCUT2D eigenvalue weighted by Gasteiger charge is 2.04. The summed E-state index contributed by atoms with van der Waals surface area (Å²) in [6.45, 7) is 5.91. The van der Waals surface area contributed by atoms with Crippen molar-refractivity contribution in [2.24, 2.45) is 0 Å². The van der Waals surface area contributed by atoms with Crippen molar-refractivity contribution in [2.45, 2.75) is 32.4 Å². The molecule has 102 valence electrons. The topological polar surface area (TPSA) is 54.0 Å². The third kappa shape index (κ3) is 6.26. The number of thioether (sulfide) groups is 1. The number of anilines is 1. The average Bonchev–Trinajstić information content (AvgIpc) is 2.82. The first-order valence-corrected chi connectivity index (χ1v) is 8.26. The standard InChI is InChI=1S/C12H21N3OS2/c1-3-5-13-11(16)9-17-8-10-7-15-12(18-10)14-6-4-2/h7H,3-6,8-9H2,1-2H3,(H,13,16)(H,14,15). The van der Waals surface area contributed by atoms with Crippen molar-refractivity contribution in [3.8, 4) is 0 Å². The molecule has 0 saturated carbocycles. The van der Waals surface area contributed by atoms with Crippen LogP contribution in [0.2, 0.25) is 0 Å². The van der Waals surface area contributed by atoms with Crippen LogP contribution >= 0.6 is 23.1 Å². The molecular formula is C12H21N3OS2.